The number of nitrogens with one attached hydrogen (secondary N) is 1. The second-order valence-corrected chi connectivity index (χ2v) is 5.36. The SMILES string of the molecule is Cc1cc(Nc2cnc(OC3CC3)cn2)ncc1Br. The van der Waals surface area contributed by atoms with E-state index < -0.39 is 0 Å². The molecular formula is C13H13BrN4O. The highest BCUT2D eigenvalue weighted by atomic mass is 79.9. The van der Waals surface area contributed by atoms with Crippen molar-refractivity contribution in [1.82, 2.24) is 15.0 Å². The summed E-state index contributed by atoms with van der Waals surface area (Å²) in [5, 5.41) is 3.11. The summed E-state index contributed by atoms with van der Waals surface area (Å²) < 4.78 is 6.53. The molecule has 1 N–H and O–H groups in total. The Hall–Kier alpha value is -1.69. The fourth-order valence-electron chi connectivity index (χ4n) is 1.54. The highest BCUT2D eigenvalue weighted by molar-refractivity contribution is 9.10. The van der Waals surface area contributed by atoms with Crippen molar-refractivity contribution < 1.29 is 4.74 Å². The summed E-state index contributed by atoms with van der Waals surface area (Å²) in [5.74, 6) is 1.97. The fourth-order valence-corrected chi connectivity index (χ4v) is 1.75. The highest BCUT2D eigenvalue weighted by Crippen LogP contribution is 2.25. The minimum atomic E-state index is 0.337. The van der Waals surface area contributed by atoms with Gasteiger partial charge in [-0.25, -0.2) is 15.0 Å². The summed E-state index contributed by atoms with van der Waals surface area (Å²) in [6, 6.07) is 1.94. The predicted molar refractivity (Wildman–Crippen MR) is 75.6 cm³/mol. The van der Waals surface area contributed by atoms with E-state index in [1.54, 1.807) is 18.6 Å². The molecule has 6 heteroatoms. The van der Waals surface area contributed by atoms with Gasteiger partial charge in [-0.15, -0.1) is 0 Å². The summed E-state index contributed by atoms with van der Waals surface area (Å²) in [5.41, 5.74) is 1.11. The molecule has 1 aliphatic carbocycles. The number of hydrogen-bond acceptors (Lipinski definition) is 5. The number of hydrogen-bond donors (Lipinski definition) is 1. The fraction of sp³-hybridized carbons (Fsp3) is 0.308. The van der Waals surface area contributed by atoms with Gasteiger partial charge in [0.2, 0.25) is 5.88 Å². The number of aryl methyl sites for hydroxylation is 1. The van der Waals surface area contributed by atoms with E-state index in [0.29, 0.717) is 17.8 Å². The molecule has 1 saturated carbocycles. The van der Waals surface area contributed by atoms with E-state index in [1.165, 1.54) is 0 Å². The van der Waals surface area contributed by atoms with Crippen molar-refractivity contribution in [3.8, 4) is 5.88 Å². The molecule has 0 amide bonds. The zero-order valence-electron chi connectivity index (χ0n) is 10.4. The van der Waals surface area contributed by atoms with Gasteiger partial charge in [-0.1, -0.05) is 0 Å². The molecule has 0 atom stereocenters. The van der Waals surface area contributed by atoms with E-state index in [0.717, 1.165) is 28.7 Å². The molecule has 0 saturated heterocycles. The first-order valence-electron chi connectivity index (χ1n) is 6.08. The second kappa shape index (κ2) is 5.13. The average molecular weight is 321 g/mol. The molecule has 1 fully saturated rings. The molecule has 98 valence electrons. The van der Waals surface area contributed by atoms with Gasteiger partial charge >= 0.3 is 0 Å². The average Bonchev–Trinajstić information content (AvgIpc) is 3.20. The number of nitrogens with zero attached hydrogens (tertiary/aromatic N) is 3. The van der Waals surface area contributed by atoms with Crippen molar-refractivity contribution in [2.75, 3.05) is 5.32 Å². The third-order valence-electron chi connectivity index (χ3n) is 2.74. The molecule has 2 heterocycles. The maximum atomic E-state index is 5.54. The van der Waals surface area contributed by atoms with E-state index in [-0.39, 0.29) is 0 Å². The zero-order chi connectivity index (χ0) is 13.2. The summed E-state index contributed by atoms with van der Waals surface area (Å²) in [6.07, 6.45) is 7.61. The lowest BCUT2D eigenvalue weighted by Gasteiger charge is -2.07. The largest absolute Gasteiger partial charge is 0.473 e. The third kappa shape index (κ3) is 3.20. The number of rotatable bonds is 4. The lowest BCUT2D eigenvalue weighted by molar-refractivity contribution is 0.290. The van der Waals surface area contributed by atoms with Gasteiger partial charge in [-0.3, -0.25) is 0 Å². The van der Waals surface area contributed by atoms with Crippen molar-refractivity contribution in [2.45, 2.75) is 25.9 Å². The van der Waals surface area contributed by atoms with E-state index in [2.05, 4.69) is 36.2 Å². The molecule has 0 bridgehead atoms. The summed E-state index contributed by atoms with van der Waals surface area (Å²) in [6.45, 7) is 2.01. The van der Waals surface area contributed by atoms with Gasteiger partial charge in [0.25, 0.3) is 0 Å². The van der Waals surface area contributed by atoms with Gasteiger partial charge in [0.1, 0.15) is 17.7 Å². The third-order valence-corrected chi connectivity index (χ3v) is 3.57. The summed E-state index contributed by atoms with van der Waals surface area (Å²) in [4.78, 5) is 12.7. The Morgan fingerprint density at radius 1 is 1.16 bits per heavy atom. The van der Waals surface area contributed by atoms with Crippen LogP contribution in [0.2, 0.25) is 0 Å². The summed E-state index contributed by atoms with van der Waals surface area (Å²) in [7, 11) is 0. The molecule has 5 nitrogen and oxygen atoms in total. The van der Waals surface area contributed by atoms with Crippen molar-refractivity contribution >= 4 is 27.6 Å². The molecule has 0 unspecified atom stereocenters. The van der Waals surface area contributed by atoms with E-state index in [1.807, 2.05) is 13.0 Å². The Morgan fingerprint density at radius 2 is 1.95 bits per heavy atom. The monoisotopic (exact) mass is 320 g/mol. The Morgan fingerprint density at radius 3 is 2.58 bits per heavy atom. The number of anilines is 2. The van der Waals surface area contributed by atoms with Crippen LogP contribution in [0.4, 0.5) is 11.6 Å². The molecule has 0 spiro atoms. The van der Waals surface area contributed by atoms with Crippen LogP contribution in [0.5, 0.6) is 5.88 Å². The minimum absolute atomic E-state index is 0.337. The second-order valence-electron chi connectivity index (χ2n) is 4.50. The standard InChI is InChI=1S/C13H13BrN4O/c1-8-4-11(15-5-10(8)14)18-12-6-17-13(7-16-12)19-9-2-3-9/h4-7,9H,2-3H2,1H3,(H,15,16,18). The van der Waals surface area contributed by atoms with E-state index >= 15 is 0 Å². The maximum Gasteiger partial charge on any atom is 0.232 e. The van der Waals surface area contributed by atoms with Crippen molar-refractivity contribution in [2.24, 2.45) is 0 Å². The highest BCUT2D eigenvalue weighted by Gasteiger charge is 2.24. The first-order valence-corrected chi connectivity index (χ1v) is 6.88. The van der Waals surface area contributed by atoms with Crippen LogP contribution >= 0.6 is 15.9 Å². The molecule has 2 aromatic heterocycles. The minimum Gasteiger partial charge on any atom is -0.473 e. The zero-order valence-corrected chi connectivity index (χ0v) is 12.0. The maximum absolute atomic E-state index is 5.54. The molecule has 1 aliphatic rings. The topological polar surface area (TPSA) is 59.9 Å². The first-order chi connectivity index (χ1) is 9.20. The van der Waals surface area contributed by atoms with Crippen LogP contribution in [0, 0.1) is 6.92 Å². The molecule has 0 radical (unpaired) electrons. The number of ether oxygens (including phenoxy) is 1. The number of halogens is 1. The predicted octanol–water partition coefficient (Wildman–Crippen LogP) is 3.23. The Labute approximate surface area is 119 Å². The van der Waals surface area contributed by atoms with Crippen molar-refractivity contribution in [1.29, 1.82) is 0 Å². The molecule has 2 aromatic rings. The van der Waals surface area contributed by atoms with Crippen molar-refractivity contribution in [3.05, 3.63) is 34.7 Å². The normalized spacial score (nSPS) is 14.2. The Bertz CT molecular complexity index is 584. The van der Waals surface area contributed by atoms with Crippen LogP contribution in [-0.4, -0.2) is 21.1 Å². The summed E-state index contributed by atoms with van der Waals surface area (Å²) >= 11 is 3.42. The lowest BCUT2D eigenvalue weighted by atomic mass is 10.3. The quantitative estimate of drug-likeness (QED) is 0.937. The molecular weight excluding hydrogens is 308 g/mol. The van der Waals surface area contributed by atoms with Gasteiger partial charge in [0.15, 0.2) is 0 Å². The molecule has 19 heavy (non-hydrogen) atoms. The number of pyridine rings is 1. The van der Waals surface area contributed by atoms with Gasteiger partial charge < -0.3 is 10.1 Å². The van der Waals surface area contributed by atoms with Gasteiger partial charge in [-0.2, -0.15) is 0 Å². The smallest absolute Gasteiger partial charge is 0.232 e. The molecule has 3 rings (SSSR count). The van der Waals surface area contributed by atoms with Gasteiger partial charge in [-0.05, 0) is 47.3 Å². The van der Waals surface area contributed by atoms with Crippen LogP contribution in [0.25, 0.3) is 0 Å². The van der Waals surface area contributed by atoms with Gasteiger partial charge in [0.05, 0.1) is 12.4 Å². The van der Waals surface area contributed by atoms with Crippen LogP contribution in [0.15, 0.2) is 29.1 Å². The van der Waals surface area contributed by atoms with E-state index in [9.17, 15) is 0 Å². The van der Waals surface area contributed by atoms with Crippen LogP contribution in [0.1, 0.15) is 18.4 Å². The van der Waals surface area contributed by atoms with Crippen molar-refractivity contribution in [3.63, 3.8) is 0 Å². The Balaban J connectivity index is 1.69. The van der Waals surface area contributed by atoms with E-state index in [4.69, 9.17) is 4.74 Å². The van der Waals surface area contributed by atoms with Crippen LogP contribution in [-0.2, 0) is 0 Å². The number of aromatic nitrogens is 3. The lowest BCUT2D eigenvalue weighted by Crippen LogP contribution is -2.01. The Kier molecular flexibility index (Phi) is 3.33. The molecule has 0 aromatic carbocycles. The van der Waals surface area contributed by atoms with Crippen LogP contribution in [0.3, 0.4) is 0 Å². The van der Waals surface area contributed by atoms with Crippen LogP contribution < -0.4 is 10.1 Å². The molecule has 0 aliphatic heterocycles. The first kappa shape index (κ1) is 12.3. The van der Waals surface area contributed by atoms with Gasteiger partial charge in [0, 0.05) is 10.7 Å².